The van der Waals surface area contributed by atoms with Crippen molar-refractivity contribution >= 4 is 62.7 Å². The summed E-state index contributed by atoms with van der Waals surface area (Å²) in [7, 11) is 0. The Labute approximate surface area is 230 Å². The second-order valence-corrected chi connectivity index (χ2v) is 11.2. The molecule has 0 unspecified atom stereocenters. The van der Waals surface area contributed by atoms with Crippen LogP contribution in [0.4, 0.5) is 5.69 Å². The van der Waals surface area contributed by atoms with Crippen LogP contribution >= 0.6 is 34.7 Å². The summed E-state index contributed by atoms with van der Waals surface area (Å²) in [5.41, 5.74) is 5.33. The maximum absolute atomic E-state index is 13.8. The predicted molar refractivity (Wildman–Crippen MR) is 151 cm³/mol. The molecule has 12 heteroatoms. The molecule has 2 aromatic carbocycles. The van der Waals surface area contributed by atoms with Gasteiger partial charge in [-0.25, -0.2) is 10.4 Å². The lowest BCUT2D eigenvalue weighted by atomic mass is 9.97. The minimum Gasteiger partial charge on any atom is -0.272 e. The van der Waals surface area contributed by atoms with Gasteiger partial charge in [-0.3, -0.25) is 24.3 Å². The number of nitrogens with one attached hydrogen (secondary N) is 1. The van der Waals surface area contributed by atoms with Crippen LogP contribution < -0.4 is 11.0 Å². The van der Waals surface area contributed by atoms with Gasteiger partial charge < -0.3 is 0 Å². The molecule has 9 nitrogen and oxygen atoms in total. The third kappa shape index (κ3) is 5.35. The largest absolute Gasteiger partial charge is 0.288 e. The number of thiophene rings is 1. The van der Waals surface area contributed by atoms with E-state index in [0.717, 1.165) is 48.6 Å². The van der Waals surface area contributed by atoms with Gasteiger partial charge in [0, 0.05) is 16.5 Å². The quantitative estimate of drug-likeness (QED) is 0.104. The monoisotopic (exact) mass is 567 g/mol. The van der Waals surface area contributed by atoms with E-state index in [9.17, 15) is 19.7 Å². The maximum Gasteiger partial charge on any atom is 0.288 e. The zero-order valence-corrected chi connectivity index (χ0v) is 22.7. The summed E-state index contributed by atoms with van der Waals surface area (Å²) in [6.07, 6.45) is 5.30. The number of nitro groups is 1. The second-order valence-electron chi connectivity index (χ2n) is 8.81. The molecule has 0 aliphatic heterocycles. The van der Waals surface area contributed by atoms with Crippen LogP contribution in [0, 0.1) is 17.0 Å². The minimum absolute atomic E-state index is 0.0169. The van der Waals surface area contributed by atoms with E-state index in [1.807, 2.05) is 31.2 Å². The van der Waals surface area contributed by atoms with Crippen molar-refractivity contribution in [3.63, 3.8) is 0 Å². The number of halogens is 1. The first-order valence-corrected chi connectivity index (χ1v) is 14.0. The number of hydrazone groups is 1. The molecule has 1 amide bonds. The fourth-order valence-corrected chi connectivity index (χ4v) is 6.59. The molecule has 1 N–H and O–H groups in total. The lowest BCUT2D eigenvalue weighted by Gasteiger charge is -2.13. The number of thioether (sulfide) groups is 1. The fourth-order valence-electron chi connectivity index (χ4n) is 4.30. The number of aryl methyl sites for hydroxylation is 3. The van der Waals surface area contributed by atoms with E-state index in [4.69, 9.17) is 16.6 Å². The summed E-state index contributed by atoms with van der Waals surface area (Å²) in [5, 5.41) is 16.1. The lowest BCUT2D eigenvalue weighted by molar-refractivity contribution is -0.384. The van der Waals surface area contributed by atoms with Crippen LogP contribution in [0.5, 0.6) is 0 Å². The Balaban J connectivity index is 1.39. The fraction of sp³-hybridized carbons (Fsp3) is 0.231. The molecule has 1 aliphatic rings. The number of hydrogen-bond acceptors (Lipinski definition) is 8. The van der Waals surface area contributed by atoms with Gasteiger partial charge in [0.05, 0.1) is 28.0 Å². The van der Waals surface area contributed by atoms with Crippen molar-refractivity contribution in [2.45, 2.75) is 37.8 Å². The van der Waals surface area contributed by atoms with E-state index < -0.39 is 10.8 Å². The number of benzene rings is 2. The molecule has 38 heavy (non-hydrogen) atoms. The molecular weight excluding hydrogens is 546 g/mol. The molecule has 0 fully saturated rings. The van der Waals surface area contributed by atoms with Gasteiger partial charge in [0.2, 0.25) is 0 Å². The van der Waals surface area contributed by atoms with Gasteiger partial charge in [0.15, 0.2) is 5.16 Å². The Morgan fingerprint density at radius 2 is 2.03 bits per heavy atom. The molecular formula is C26H22ClN5O4S2. The first kappa shape index (κ1) is 26.1. The number of nitrogens with zero attached hydrogens (tertiary/aromatic N) is 4. The Hall–Kier alpha value is -3.54. The molecule has 2 aromatic heterocycles. The van der Waals surface area contributed by atoms with Crippen LogP contribution in [0.25, 0.3) is 15.9 Å². The number of aromatic nitrogens is 2. The molecule has 0 saturated heterocycles. The zero-order chi connectivity index (χ0) is 26.8. The second kappa shape index (κ2) is 11.1. The summed E-state index contributed by atoms with van der Waals surface area (Å²) in [4.78, 5) is 43.6. The molecule has 0 radical (unpaired) electrons. The van der Waals surface area contributed by atoms with Gasteiger partial charge in [-0.1, -0.05) is 47.1 Å². The third-order valence-corrected chi connectivity index (χ3v) is 8.60. The van der Waals surface area contributed by atoms with Crippen molar-refractivity contribution in [3.05, 3.63) is 89.5 Å². The summed E-state index contributed by atoms with van der Waals surface area (Å²) in [5.74, 6) is -0.447. The molecule has 0 spiro atoms. The highest BCUT2D eigenvalue weighted by atomic mass is 35.5. The lowest BCUT2D eigenvalue weighted by Crippen LogP contribution is -2.24. The van der Waals surface area contributed by atoms with E-state index in [0.29, 0.717) is 26.6 Å². The SMILES string of the molecule is Cc1ccc(-n2c(SCC(=O)NN=Cc3ccc(Cl)c([N+](=O)[O-])c3)nc3sc4c(c3c2=O)CCCC4)cc1. The minimum atomic E-state index is -0.587. The number of rotatable bonds is 7. The normalized spacial score (nSPS) is 13.1. The highest BCUT2D eigenvalue weighted by Gasteiger charge is 2.23. The van der Waals surface area contributed by atoms with Crippen molar-refractivity contribution in [3.8, 4) is 5.69 Å². The topological polar surface area (TPSA) is 119 Å². The van der Waals surface area contributed by atoms with Crippen molar-refractivity contribution in [1.29, 1.82) is 0 Å². The highest BCUT2D eigenvalue weighted by molar-refractivity contribution is 7.99. The Morgan fingerprint density at radius 3 is 2.79 bits per heavy atom. The van der Waals surface area contributed by atoms with E-state index in [2.05, 4.69) is 10.5 Å². The van der Waals surface area contributed by atoms with Crippen molar-refractivity contribution in [2.75, 3.05) is 5.75 Å². The molecule has 4 aromatic rings. The first-order valence-electron chi connectivity index (χ1n) is 11.8. The Bertz CT molecular complexity index is 1650. The van der Waals surface area contributed by atoms with Gasteiger partial charge in [-0.05, 0) is 56.4 Å². The van der Waals surface area contributed by atoms with E-state index >= 15 is 0 Å². The van der Waals surface area contributed by atoms with Crippen LogP contribution in [-0.2, 0) is 17.6 Å². The van der Waals surface area contributed by atoms with Gasteiger partial charge in [0.25, 0.3) is 17.2 Å². The number of nitro benzene ring substituents is 1. The Kier molecular flexibility index (Phi) is 7.59. The molecule has 194 valence electrons. The van der Waals surface area contributed by atoms with E-state index in [-0.39, 0.29) is 22.0 Å². The number of hydrogen-bond donors (Lipinski definition) is 1. The van der Waals surface area contributed by atoms with Crippen molar-refractivity contribution < 1.29 is 9.72 Å². The maximum atomic E-state index is 13.8. The first-order chi connectivity index (χ1) is 18.3. The van der Waals surface area contributed by atoms with Gasteiger partial charge in [-0.15, -0.1) is 11.3 Å². The van der Waals surface area contributed by atoms with Gasteiger partial charge >= 0.3 is 0 Å². The number of fused-ring (bicyclic) bond motifs is 3. The third-order valence-electron chi connectivity index (χ3n) is 6.15. The summed E-state index contributed by atoms with van der Waals surface area (Å²) in [6.45, 7) is 1.98. The van der Waals surface area contributed by atoms with E-state index in [1.54, 1.807) is 22.0 Å². The van der Waals surface area contributed by atoms with Crippen LogP contribution in [-0.4, -0.2) is 32.3 Å². The van der Waals surface area contributed by atoms with Crippen molar-refractivity contribution in [1.82, 2.24) is 15.0 Å². The average Bonchev–Trinajstić information content (AvgIpc) is 3.28. The molecule has 0 saturated carbocycles. The average molecular weight is 568 g/mol. The predicted octanol–water partition coefficient (Wildman–Crippen LogP) is 5.44. The molecule has 0 bridgehead atoms. The van der Waals surface area contributed by atoms with Crippen LogP contribution in [0.1, 0.15) is 34.4 Å². The molecule has 2 heterocycles. The van der Waals surface area contributed by atoms with Crippen LogP contribution in [0.15, 0.2) is 57.5 Å². The van der Waals surface area contributed by atoms with Gasteiger partial charge in [-0.2, -0.15) is 5.10 Å². The molecule has 0 atom stereocenters. The summed E-state index contributed by atoms with van der Waals surface area (Å²) < 4.78 is 1.58. The summed E-state index contributed by atoms with van der Waals surface area (Å²) in [6, 6.07) is 11.9. The standard InChI is InChI=1S/C26H22ClN5O4S2/c1-15-6-9-17(10-7-15)31-25(34)23-18-4-2-3-5-21(18)38-24(23)29-26(31)37-14-22(33)30-28-13-16-8-11-19(27)20(12-16)32(35)36/h6-13H,2-5,14H2,1H3,(H,30,33). The highest BCUT2D eigenvalue weighted by Crippen LogP contribution is 2.35. The number of carbonyl (C=O) groups excluding carboxylic acids is 1. The van der Waals surface area contributed by atoms with Crippen LogP contribution in [0.3, 0.4) is 0 Å². The van der Waals surface area contributed by atoms with Crippen LogP contribution in [0.2, 0.25) is 5.02 Å². The smallest absolute Gasteiger partial charge is 0.272 e. The van der Waals surface area contributed by atoms with Gasteiger partial charge in [0.1, 0.15) is 9.85 Å². The Morgan fingerprint density at radius 1 is 1.26 bits per heavy atom. The zero-order valence-electron chi connectivity index (χ0n) is 20.3. The van der Waals surface area contributed by atoms with Crippen molar-refractivity contribution in [2.24, 2.45) is 5.10 Å². The molecule has 1 aliphatic carbocycles. The molecule has 5 rings (SSSR count). The summed E-state index contributed by atoms with van der Waals surface area (Å²) >= 11 is 8.54. The van der Waals surface area contributed by atoms with E-state index in [1.165, 1.54) is 23.2 Å². The number of amides is 1. The number of carbonyl (C=O) groups is 1.